The predicted octanol–water partition coefficient (Wildman–Crippen LogP) is 4.50. The van der Waals surface area contributed by atoms with E-state index in [1.807, 2.05) is 12.1 Å². The molecule has 27 heavy (non-hydrogen) atoms. The number of rotatable bonds is 4. The van der Waals surface area contributed by atoms with Gasteiger partial charge in [0.15, 0.2) is 11.6 Å². The molecule has 0 saturated heterocycles. The van der Waals surface area contributed by atoms with E-state index in [2.05, 4.69) is 38.9 Å². The van der Waals surface area contributed by atoms with E-state index in [0.717, 1.165) is 24.3 Å². The van der Waals surface area contributed by atoms with Gasteiger partial charge in [-0.3, -0.25) is 4.79 Å². The Morgan fingerprint density at radius 2 is 1.89 bits per heavy atom. The molecule has 5 nitrogen and oxygen atoms in total. The number of para-hydroxylation sites is 1. The molecule has 0 atom stereocenters. The van der Waals surface area contributed by atoms with Crippen LogP contribution >= 0.6 is 11.9 Å². The number of benzene rings is 2. The van der Waals surface area contributed by atoms with Crippen molar-refractivity contribution >= 4 is 29.4 Å². The number of carbonyl (C=O) groups is 1. The van der Waals surface area contributed by atoms with Gasteiger partial charge in [-0.05, 0) is 72.8 Å². The summed E-state index contributed by atoms with van der Waals surface area (Å²) in [5.41, 5.74) is 3.16. The maximum atomic E-state index is 12.4. The zero-order valence-corrected chi connectivity index (χ0v) is 15.4. The molecule has 1 aromatic heterocycles. The molecule has 0 spiro atoms. The summed E-state index contributed by atoms with van der Waals surface area (Å²) in [4.78, 5) is 17.4. The van der Waals surface area contributed by atoms with E-state index in [4.69, 9.17) is 0 Å². The number of nitrogens with zero attached hydrogens (tertiary/aromatic N) is 2. The lowest BCUT2D eigenvalue weighted by Gasteiger charge is -2.29. The summed E-state index contributed by atoms with van der Waals surface area (Å²) in [5, 5.41) is 12.3. The van der Waals surface area contributed by atoms with Crippen LogP contribution in [0.5, 0.6) is 5.75 Å². The van der Waals surface area contributed by atoms with Crippen LogP contribution in [-0.2, 0) is 6.42 Å². The molecular weight excluding hydrogens is 358 g/mol. The van der Waals surface area contributed by atoms with E-state index >= 15 is 0 Å². The molecule has 4 rings (SSSR count). The first-order valence-corrected chi connectivity index (χ1v) is 9.57. The standard InChI is InChI=1S/C21H19N3O2S/c25-19-8-3-13-22-20(19)23-21(26)16-9-11-17(12-10-16)27-24-14-4-6-15-5-1-2-7-18(15)24/h1-3,5,7-13,25H,4,6,14H2,(H,22,23,26). The number of amides is 1. The average Bonchev–Trinajstić information content (AvgIpc) is 2.70. The fourth-order valence-corrected chi connectivity index (χ4v) is 4.07. The van der Waals surface area contributed by atoms with Crippen molar-refractivity contribution in [2.45, 2.75) is 17.7 Å². The number of pyridine rings is 1. The highest BCUT2D eigenvalue weighted by molar-refractivity contribution is 8.00. The van der Waals surface area contributed by atoms with E-state index in [-0.39, 0.29) is 17.5 Å². The molecular formula is C21H19N3O2S. The van der Waals surface area contributed by atoms with Crippen LogP contribution in [0.1, 0.15) is 22.3 Å². The molecule has 2 aromatic carbocycles. The van der Waals surface area contributed by atoms with Crippen molar-refractivity contribution in [3.63, 3.8) is 0 Å². The second-order valence-corrected chi connectivity index (χ2v) is 7.37. The lowest BCUT2D eigenvalue weighted by Crippen LogP contribution is -2.22. The van der Waals surface area contributed by atoms with Crippen molar-refractivity contribution in [1.29, 1.82) is 0 Å². The van der Waals surface area contributed by atoms with Crippen LogP contribution in [0.2, 0.25) is 0 Å². The molecule has 2 N–H and O–H groups in total. The van der Waals surface area contributed by atoms with Crippen molar-refractivity contribution in [2.75, 3.05) is 16.2 Å². The first kappa shape index (κ1) is 17.4. The Hall–Kier alpha value is -2.99. The maximum Gasteiger partial charge on any atom is 0.256 e. The highest BCUT2D eigenvalue weighted by Crippen LogP contribution is 2.35. The van der Waals surface area contributed by atoms with Gasteiger partial charge in [0.05, 0.1) is 5.69 Å². The van der Waals surface area contributed by atoms with Gasteiger partial charge in [-0.1, -0.05) is 18.2 Å². The number of anilines is 2. The Kier molecular flexibility index (Phi) is 4.98. The highest BCUT2D eigenvalue weighted by Gasteiger charge is 2.17. The third-order valence-electron chi connectivity index (χ3n) is 4.42. The van der Waals surface area contributed by atoms with Crippen LogP contribution in [0.3, 0.4) is 0 Å². The zero-order valence-electron chi connectivity index (χ0n) is 14.6. The third kappa shape index (κ3) is 3.90. The van der Waals surface area contributed by atoms with E-state index in [9.17, 15) is 9.90 Å². The summed E-state index contributed by atoms with van der Waals surface area (Å²) in [7, 11) is 0. The number of aromatic hydroxyl groups is 1. The van der Waals surface area contributed by atoms with E-state index in [1.54, 1.807) is 30.1 Å². The number of aryl methyl sites for hydroxylation is 1. The number of carbonyl (C=O) groups excluding carboxylic acids is 1. The number of nitrogens with one attached hydrogen (secondary N) is 1. The summed E-state index contributed by atoms with van der Waals surface area (Å²) in [6.07, 6.45) is 3.77. The summed E-state index contributed by atoms with van der Waals surface area (Å²) in [6, 6.07) is 19.0. The minimum Gasteiger partial charge on any atom is -0.504 e. The van der Waals surface area contributed by atoms with Gasteiger partial charge in [0.2, 0.25) is 0 Å². The monoisotopic (exact) mass is 377 g/mol. The molecule has 0 aliphatic carbocycles. The van der Waals surface area contributed by atoms with Crippen molar-refractivity contribution in [3.05, 3.63) is 78.0 Å². The smallest absolute Gasteiger partial charge is 0.256 e. The Labute approximate surface area is 162 Å². The molecule has 1 aliphatic rings. The quantitative estimate of drug-likeness (QED) is 0.656. The van der Waals surface area contributed by atoms with Crippen LogP contribution in [0.25, 0.3) is 0 Å². The Balaban J connectivity index is 1.45. The minimum atomic E-state index is -0.302. The summed E-state index contributed by atoms with van der Waals surface area (Å²) >= 11 is 1.68. The van der Waals surface area contributed by atoms with Gasteiger partial charge in [-0.15, -0.1) is 0 Å². The SMILES string of the molecule is O=C(Nc1ncccc1O)c1ccc(SN2CCCc3ccccc32)cc1. The molecule has 6 heteroatoms. The first-order valence-electron chi connectivity index (χ1n) is 8.79. The number of hydrogen-bond donors (Lipinski definition) is 2. The van der Waals surface area contributed by atoms with Gasteiger partial charge in [0, 0.05) is 23.2 Å². The molecule has 3 aromatic rings. The average molecular weight is 377 g/mol. The van der Waals surface area contributed by atoms with E-state index < -0.39 is 0 Å². The normalized spacial score (nSPS) is 13.1. The van der Waals surface area contributed by atoms with Crippen molar-refractivity contribution in [3.8, 4) is 5.75 Å². The molecule has 136 valence electrons. The fourth-order valence-electron chi connectivity index (χ4n) is 3.06. The third-order valence-corrected chi connectivity index (χ3v) is 5.50. The maximum absolute atomic E-state index is 12.4. The molecule has 2 heterocycles. The van der Waals surface area contributed by atoms with Gasteiger partial charge in [-0.25, -0.2) is 4.98 Å². The molecule has 0 radical (unpaired) electrons. The van der Waals surface area contributed by atoms with E-state index in [0.29, 0.717) is 5.56 Å². The summed E-state index contributed by atoms with van der Waals surface area (Å²) < 4.78 is 2.31. The fraction of sp³-hybridized carbons (Fsp3) is 0.143. The second-order valence-electron chi connectivity index (χ2n) is 6.28. The van der Waals surface area contributed by atoms with Gasteiger partial charge < -0.3 is 14.7 Å². The summed E-state index contributed by atoms with van der Waals surface area (Å²) in [6.45, 7) is 1.00. The highest BCUT2D eigenvalue weighted by atomic mass is 32.2. The molecule has 0 bridgehead atoms. The zero-order chi connectivity index (χ0) is 18.6. The van der Waals surface area contributed by atoms with Crippen LogP contribution in [0.15, 0.2) is 71.8 Å². The topological polar surface area (TPSA) is 65.5 Å². The van der Waals surface area contributed by atoms with Crippen LogP contribution in [0, 0.1) is 0 Å². The van der Waals surface area contributed by atoms with Gasteiger partial charge in [0.25, 0.3) is 5.91 Å². The largest absolute Gasteiger partial charge is 0.504 e. The summed E-state index contributed by atoms with van der Waals surface area (Å²) in [5.74, 6) is -0.198. The molecule has 1 aliphatic heterocycles. The predicted molar refractivity (Wildman–Crippen MR) is 108 cm³/mol. The Bertz CT molecular complexity index is 960. The number of aromatic nitrogens is 1. The van der Waals surface area contributed by atoms with Crippen LogP contribution in [-0.4, -0.2) is 22.5 Å². The molecule has 0 saturated carbocycles. The molecule has 1 amide bonds. The molecule has 0 fully saturated rings. The number of hydrogen-bond acceptors (Lipinski definition) is 5. The van der Waals surface area contributed by atoms with Gasteiger partial charge in [-0.2, -0.15) is 0 Å². The Morgan fingerprint density at radius 1 is 1.07 bits per heavy atom. The lowest BCUT2D eigenvalue weighted by atomic mass is 10.0. The Morgan fingerprint density at radius 3 is 2.70 bits per heavy atom. The second kappa shape index (κ2) is 7.72. The van der Waals surface area contributed by atoms with Crippen LogP contribution < -0.4 is 9.62 Å². The van der Waals surface area contributed by atoms with E-state index in [1.165, 1.54) is 23.5 Å². The number of fused-ring (bicyclic) bond motifs is 1. The van der Waals surface area contributed by atoms with Gasteiger partial charge in [0.1, 0.15) is 0 Å². The lowest BCUT2D eigenvalue weighted by molar-refractivity contribution is 0.102. The molecule has 0 unspecified atom stereocenters. The minimum absolute atomic E-state index is 0.0539. The van der Waals surface area contributed by atoms with Crippen molar-refractivity contribution < 1.29 is 9.90 Å². The van der Waals surface area contributed by atoms with Gasteiger partial charge >= 0.3 is 0 Å². The van der Waals surface area contributed by atoms with Crippen LogP contribution in [0.4, 0.5) is 11.5 Å². The first-order chi connectivity index (χ1) is 13.2. The van der Waals surface area contributed by atoms with Crippen molar-refractivity contribution in [2.24, 2.45) is 0 Å². The van der Waals surface area contributed by atoms with Crippen molar-refractivity contribution in [1.82, 2.24) is 4.98 Å².